The molecule has 0 aromatic heterocycles. The molecule has 1 aliphatic rings. The summed E-state index contributed by atoms with van der Waals surface area (Å²) in [6, 6.07) is 0. The number of esters is 1. The summed E-state index contributed by atoms with van der Waals surface area (Å²) in [5, 5.41) is 3.32. The Morgan fingerprint density at radius 2 is 2.80 bits per heavy atom. The van der Waals surface area contributed by atoms with Crippen LogP contribution in [0.1, 0.15) is 13.3 Å². The van der Waals surface area contributed by atoms with Crippen molar-refractivity contribution in [2.75, 3.05) is 6.61 Å². The van der Waals surface area contributed by atoms with Crippen LogP contribution in [0, 0.1) is 0 Å². The molecular formula is C6H8NO3. The zero-order valence-corrected chi connectivity index (χ0v) is 5.66. The Morgan fingerprint density at radius 3 is 3.30 bits per heavy atom. The van der Waals surface area contributed by atoms with E-state index in [0.29, 0.717) is 13.0 Å². The third-order valence-electron chi connectivity index (χ3n) is 1.07. The molecule has 0 aromatic carbocycles. The molecule has 1 heterocycles. The molecule has 4 heteroatoms. The molecule has 0 spiro atoms. The molecule has 1 rings (SSSR count). The lowest BCUT2D eigenvalue weighted by atomic mass is 10.3. The van der Waals surface area contributed by atoms with Crippen molar-refractivity contribution < 1.29 is 14.4 Å². The molecular weight excluding hydrogens is 134 g/mol. The fourth-order valence-electron chi connectivity index (χ4n) is 0.620. The monoisotopic (exact) mass is 142 g/mol. The van der Waals surface area contributed by atoms with Crippen LogP contribution in [0.5, 0.6) is 0 Å². The van der Waals surface area contributed by atoms with Gasteiger partial charge in [-0.05, 0) is 6.92 Å². The van der Waals surface area contributed by atoms with Gasteiger partial charge in [0, 0.05) is 6.42 Å². The third-order valence-corrected chi connectivity index (χ3v) is 1.07. The molecule has 55 valence electrons. The van der Waals surface area contributed by atoms with Gasteiger partial charge in [-0.25, -0.2) is 4.79 Å². The summed E-state index contributed by atoms with van der Waals surface area (Å²) in [6.07, 6.45) is 2.36. The van der Waals surface area contributed by atoms with Gasteiger partial charge in [-0.1, -0.05) is 5.16 Å². The number of ether oxygens (including phenoxy) is 1. The third kappa shape index (κ3) is 1.46. The van der Waals surface area contributed by atoms with Crippen molar-refractivity contribution in [1.82, 2.24) is 0 Å². The predicted octanol–water partition coefficient (Wildman–Crippen LogP) is 0.201. The molecule has 0 fully saturated rings. The Balaban J connectivity index is 2.28. The second-order valence-electron chi connectivity index (χ2n) is 1.80. The molecule has 1 atom stereocenters. The van der Waals surface area contributed by atoms with Crippen LogP contribution < -0.4 is 0 Å². The maximum absolute atomic E-state index is 10.8. The van der Waals surface area contributed by atoms with Gasteiger partial charge in [0.15, 0.2) is 0 Å². The van der Waals surface area contributed by atoms with Crippen LogP contribution in [0.2, 0.25) is 0 Å². The van der Waals surface area contributed by atoms with Crippen molar-refractivity contribution in [2.24, 2.45) is 5.16 Å². The predicted molar refractivity (Wildman–Crippen MR) is 33.6 cm³/mol. The quantitative estimate of drug-likeness (QED) is 0.517. The first-order valence-electron chi connectivity index (χ1n) is 3.10. The van der Waals surface area contributed by atoms with Crippen molar-refractivity contribution in [1.29, 1.82) is 0 Å². The Kier molecular flexibility index (Phi) is 2.25. The maximum Gasteiger partial charge on any atom is 0.350 e. The molecule has 1 unspecified atom stereocenters. The largest absolute Gasteiger partial charge is 0.463 e. The Labute approximate surface area is 58.8 Å². The summed E-state index contributed by atoms with van der Waals surface area (Å²) in [6.45, 7) is 2.12. The maximum atomic E-state index is 10.8. The minimum Gasteiger partial charge on any atom is -0.463 e. The second kappa shape index (κ2) is 3.20. The van der Waals surface area contributed by atoms with Crippen LogP contribution >= 0.6 is 0 Å². The van der Waals surface area contributed by atoms with Crippen LogP contribution in [-0.2, 0) is 14.4 Å². The average Bonchev–Trinajstić information content (AvgIpc) is 2.38. The van der Waals surface area contributed by atoms with E-state index in [1.54, 1.807) is 6.92 Å². The van der Waals surface area contributed by atoms with E-state index >= 15 is 0 Å². The Hall–Kier alpha value is -1.06. The molecule has 1 radical (unpaired) electrons. The smallest absolute Gasteiger partial charge is 0.350 e. The summed E-state index contributed by atoms with van der Waals surface area (Å²) < 4.78 is 4.66. The van der Waals surface area contributed by atoms with Crippen LogP contribution in [0.15, 0.2) is 5.16 Å². The topological polar surface area (TPSA) is 47.9 Å². The Morgan fingerprint density at radius 1 is 2.00 bits per heavy atom. The standard InChI is InChI=1S/C6H8NO3/c1-2-9-6(8)5-3-4-7-10-5/h5H,2-3H2,1H3. The molecule has 0 aromatic rings. The minimum atomic E-state index is -0.556. The number of nitrogens with zero attached hydrogens (tertiary/aromatic N) is 1. The SMILES string of the molecule is CCOC(=O)C1C[C]=NO1. The van der Waals surface area contributed by atoms with E-state index in [0.717, 1.165) is 0 Å². The molecule has 0 amide bonds. The van der Waals surface area contributed by atoms with E-state index in [1.807, 2.05) is 0 Å². The van der Waals surface area contributed by atoms with Crippen molar-refractivity contribution >= 4 is 12.2 Å². The van der Waals surface area contributed by atoms with Gasteiger partial charge in [0.05, 0.1) is 6.61 Å². The van der Waals surface area contributed by atoms with E-state index in [1.165, 1.54) is 0 Å². The number of carbonyl (C=O) groups is 1. The van der Waals surface area contributed by atoms with E-state index in [4.69, 9.17) is 0 Å². The van der Waals surface area contributed by atoms with E-state index in [9.17, 15) is 4.79 Å². The molecule has 0 N–H and O–H groups in total. The first-order valence-corrected chi connectivity index (χ1v) is 3.10. The van der Waals surface area contributed by atoms with Crippen molar-refractivity contribution in [3.8, 4) is 0 Å². The lowest BCUT2D eigenvalue weighted by molar-refractivity contribution is -0.154. The summed E-state index contributed by atoms with van der Waals surface area (Å²) in [4.78, 5) is 15.4. The van der Waals surface area contributed by atoms with E-state index < -0.39 is 6.10 Å². The molecule has 0 bridgehead atoms. The van der Waals surface area contributed by atoms with Crippen LogP contribution in [0.4, 0.5) is 0 Å². The minimum absolute atomic E-state index is 0.365. The molecule has 0 aliphatic carbocycles. The second-order valence-corrected chi connectivity index (χ2v) is 1.80. The first kappa shape index (κ1) is 7.05. The highest BCUT2D eigenvalue weighted by Crippen LogP contribution is 2.05. The highest BCUT2D eigenvalue weighted by Gasteiger charge is 2.24. The van der Waals surface area contributed by atoms with Crippen LogP contribution in [0.3, 0.4) is 0 Å². The summed E-state index contributed by atoms with van der Waals surface area (Å²) >= 11 is 0. The van der Waals surface area contributed by atoms with Gasteiger partial charge in [0.2, 0.25) is 6.10 Å². The number of hydrogen-bond donors (Lipinski definition) is 0. The van der Waals surface area contributed by atoms with Gasteiger partial charge >= 0.3 is 5.97 Å². The summed E-state index contributed by atoms with van der Waals surface area (Å²) in [5.41, 5.74) is 0. The van der Waals surface area contributed by atoms with Crippen molar-refractivity contribution in [2.45, 2.75) is 19.4 Å². The Bertz CT molecular complexity index is 147. The highest BCUT2D eigenvalue weighted by atomic mass is 16.7. The zero-order valence-electron chi connectivity index (χ0n) is 5.66. The summed E-state index contributed by atoms with van der Waals surface area (Å²) in [5.74, 6) is -0.365. The number of carbonyl (C=O) groups excluding carboxylic acids is 1. The normalized spacial score (nSPS) is 22.3. The lowest BCUT2D eigenvalue weighted by Crippen LogP contribution is -2.22. The summed E-state index contributed by atoms with van der Waals surface area (Å²) in [7, 11) is 0. The lowest BCUT2D eigenvalue weighted by Gasteiger charge is -2.05. The van der Waals surface area contributed by atoms with Crippen LogP contribution in [0.25, 0.3) is 0 Å². The number of hydrogen-bond acceptors (Lipinski definition) is 4. The molecule has 0 saturated carbocycles. The van der Waals surface area contributed by atoms with Gasteiger partial charge in [0.25, 0.3) is 0 Å². The van der Waals surface area contributed by atoms with E-state index in [-0.39, 0.29) is 5.97 Å². The van der Waals surface area contributed by atoms with Crippen molar-refractivity contribution in [3.05, 3.63) is 0 Å². The van der Waals surface area contributed by atoms with Gasteiger partial charge in [0.1, 0.15) is 6.21 Å². The molecule has 4 nitrogen and oxygen atoms in total. The van der Waals surface area contributed by atoms with Gasteiger partial charge < -0.3 is 9.57 Å². The van der Waals surface area contributed by atoms with Crippen LogP contribution in [-0.4, -0.2) is 24.9 Å². The van der Waals surface area contributed by atoms with Gasteiger partial charge in [-0.2, -0.15) is 0 Å². The highest BCUT2D eigenvalue weighted by molar-refractivity contribution is 5.79. The molecule has 10 heavy (non-hydrogen) atoms. The zero-order chi connectivity index (χ0) is 7.40. The number of rotatable bonds is 2. The van der Waals surface area contributed by atoms with Gasteiger partial charge in [-0.15, -0.1) is 0 Å². The van der Waals surface area contributed by atoms with Crippen molar-refractivity contribution in [3.63, 3.8) is 0 Å². The molecule has 1 aliphatic heterocycles. The van der Waals surface area contributed by atoms with E-state index in [2.05, 4.69) is 20.9 Å². The fraction of sp³-hybridized carbons (Fsp3) is 0.667. The first-order chi connectivity index (χ1) is 4.84. The molecule has 0 saturated heterocycles. The average molecular weight is 142 g/mol. The fourth-order valence-corrected chi connectivity index (χ4v) is 0.620. The van der Waals surface area contributed by atoms with Gasteiger partial charge in [-0.3, -0.25) is 0 Å².